The molecule has 1 aromatic heterocycles. The minimum absolute atomic E-state index is 0.0589. The molecule has 6 heteroatoms. The Labute approximate surface area is 171 Å². The van der Waals surface area contributed by atoms with E-state index in [1.54, 1.807) is 19.6 Å². The van der Waals surface area contributed by atoms with E-state index < -0.39 is 0 Å². The summed E-state index contributed by atoms with van der Waals surface area (Å²) < 4.78 is 13.2. The van der Waals surface area contributed by atoms with Crippen LogP contribution in [0.4, 0.5) is 0 Å². The number of rotatable bonds is 8. The second kappa shape index (κ2) is 9.28. The second-order valence-electron chi connectivity index (χ2n) is 7.20. The molecule has 0 aliphatic heterocycles. The molecular weight excluding hydrogens is 366 g/mol. The van der Waals surface area contributed by atoms with Crippen molar-refractivity contribution in [2.75, 3.05) is 7.11 Å². The fraction of sp³-hybridized carbons (Fsp3) is 0.304. The molecule has 1 atom stereocenters. The van der Waals surface area contributed by atoms with Crippen LogP contribution in [0.2, 0.25) is 0 Å². The van der Waals surface area contributed by atoms with Gasteiger partial charge in [-0.1, -0.05) is 18.2 Å². The standard InChI is InChI=1S/C23H27N3O3/c1-16(2)29-21-10-9-20(13-22(21)28-4)17(3)25-23(27)19-7-5-18(6-8-19)14-26-12-11-24-15-26/h5-13,15-17H,14H2,1-4H3,(H,25,27). The third-order valence-corrected chi connectivity index (χ3v) is 4.54. The lowest BCUT2D eigenvalue weighted by Gasteiger charge is -2.18. The minimum Gasteiger partial charge on any atom is -0.493 e. The Hall–Kier alpha value is -3.28. The quantitative estimate of drug-likeness (QED) is 0.622. The number of nitrogens with one attached hydrogen (secondary N) is 1. The van der Waals surface area contributed by atoms with Gasteiger partial charge in [0.05, 0.1) is 25.6 Å². The highest BCUT2D eigenvalue weighted by atomic mass is 16.5. The molecule has 29 heavy (non-hydrogen) atoms. The maximum atomic E-state index is 12.6. The summed E-state index contributed by atoms with van der Waals surface area (Å²) in [5, 5.41) is 3.04. The maximum absolute atomic E-state index is 12.6. The van der Waals surface area contributed by atoms with Crippen molar-refractivity contribution in [3.8, 4) is 11.5 Å². The predicted octanol–water partition coefficient (Wildman–Crippen LogP) is 4.22. The topological polar surface area (TPSA) is 65.4 Å². The molecule has 0 bridgehead atoms. The van der Waals surface area contributed by atoms with Gasteiger partial charge >= 0.3 is 0 Å². The molecule has 1 unspecified atom stereocenters. The van der Waals surface area contributed by atoms with Crippen molar-refractivity contribution in [3.05, 3.63) is 77.9 Å². The largest absolute Gasteiger partial charge is 0.493 e. The van der Waals surface area contributed by atoms with E-state index in [4.69, 9.17) is 9.47 Å². The molecule has 6 nitrogen and oxygen atoms in total. The Morgan fingerprint density at radius 2 is 1.86 bits per heavy atom. The van der Waals surface area contributed by atoms with Crippen LogP contribution in [0, 0.1) is 0 Å². The van der Waals surface area contributed by atoms with Crippen LogP contribution in [-0.2, 0) is 6.54 Å². The smallest absolute Gasteiger partial charge is 0.251 e. The lowest BCUT2D eigenvalue weighted by molar-refractivity contribution is 0.0940. The van der Waals surface area contributed by atoms with Gasteiger partial charge in [-0.3, -0.25) is 4.79 Å². The first-order valence-corrected chi connectivity index (χ1v) is 9.66. The fourth-order valence-corrected chi connectivity index (χ4v) is 3.02. The summed E-state index contributed by atoms with van der Waals surface area (Å²) in [7, 11) is 1.61. The third-order valence-electron chi connectivity index (χ3n) is 4.54. The molecule has 0 spiro atoms. The van der Waals surface area contributed by atoms with Gasteiger partial charge in [0.2, 0.25) is 0 Å². The van der Waals surface area contributed by atoms with Crippen LogP contribution in [0.1, 0.15) is 48.3 Å². The molecule has 1 heterocycles. The van der Waals surface area contributed by atoms with Crippen molar-refractivity contribution in [2.45, 2.75) is 39.5 Å². The van der Waals surface area contributed by atoms with Crippen LogP contribution in [0.15, 0.2) is 61.2 Å². The third kappa shape index (κ3) is 5.38. The number of nitrogens with zero attached hydrogens (tertiary/aromatic N) is 2. The number of ether oxygens (including phenoxy) is 2. The molecule has 0 saturated heterocycles. The Morgan fingerprint density at radius 1 is 1.10 bits per heavy atom. The Balaban J connectivity index is 1.65. The lowest BCUT2D eigenvalue weighted by Crippen LogP contribution is -2.26. The van der Waals surface area contributed by atoms with Crippen LogP contribution >= 0.6 is 0 Å². The summed E-state index contributed by atoms with van der Waals surface area (Å²) in [5.41, 5.74) is 2.68. The van der Waals surface area contributed by atoms with Crippen molar-refractivity contribution < 1.29 is 14.3 Å². The molecule has 0 fully saturated rings. The van der Waals surface area contributed by atoms with Gasteiger partial charge in [-0.2, -0.15) is 0 Å². The van der Waals surface area contributed by atoms with E-state index in [0.29, 0.717) is 17.1 Å². The number of hydrogen-bond acceptors (Lipinski definition) is 4. The zero-order valence-electron chi connectivity index (χ0n) is 17.3. The van der Waals surface area contributed by atoms with Crippen molar-refractivity contribution >= 4 is 5.91 Å². The van der Waals surface area contributed by atoms with Gasteiger partial charge in [0.15, 0.2) is 11.5 Å². The molecule has 0 radical (unpaired) electrons. The molecular formula is C23H27N3O3. The van der Waals surface area contributed by atoms with Gasteiger partial charge in [0.25, 0.3) is 5.91 Å². The van der Waals surface area contributed by atoms with Crippen LogP contribution in [0.5, 0.6) is 11.5 Å². The molecule has 3 aromatic rings. The van der Waals surface area contributed by atoms with Crippen LogP contribution in [-0.4, -0.2) is 28.7 Å². The van der Waals surface area contributed by atoms with E-state index in [1.165, 1.54) is 0 Å². The number of hydrogen-bond donors (Lipinski definition) is 1. The van der Waals surface area contributed by atoms with Crippen LogP contribution < -0.4 is 14.8 Å². The van der Waals surface area contributed by atoms with E-state index in [0.717, 1.165) is 17.7 Å². The summed E-state index contributed by atoms with van der Waals surface area (Å²) in [5.74, 6) is 1.23. The zero-order chi connectivity index (χ0) is 20.8. The van der Waals surface area contributed by atoms with E-state index in [-0.39, 0.29) is 18.1 Å². The number of imidazole rings is 1. The highest BCUT2D eigenvalue weighted by molar-refractivity contribution is 5.94. The van der Waals surface area contributed by atoms with E-state index >= 15 is 0 Å². The average Bonchev–Trinajstić information content (AvgIpc) is 3.21. The molecule has 3 rings (SSSR count). The average molecular weight is 393 g/mol. The normalized spacial score (nSPS) is 11.9. The highest BCUT2D eigenvalue weighted by Gasteiger charge is 2.15. The fourth-order valence-electron chi connectivity index (χ4n) is 3.02. The molecule has 0 aliphatic rings. The van der Waals surface area contributed by atoms with Gasteiger partial charge in [-0.15, -0.1) is 0 Å². The summed E-state index contributed by atoms with van der Waals surface area (Å²) >= 11 is 0. The molecule has 0 saturated carbocycles. The maximum Gasteiger partial charge on any atom is 0.251 e. The van der Waals surface area contributed by atoms with Gasteiger partial charge in [0, 0.05) is 24.5 Å². The summed E-state index contributed by atoms with van der Waals surface area (Å²) in [6.45, 7) is 6.61. The summed E-state index contributed by atoms with van der Waals surface area (Å²) in [4.78, 5) is 16.7. The van der Waals surface area contributed by atoms with E-state index in [1.807, 2.05) is 74.0 Å². The van der Waals surface area contributed by atoms with Crippen molar-refractivity contribution in [1.29, 1.82) is 0 Å². The van der Waals surface area contributed by atoms with Crippen LogP contribution in [0.25, 0.3) is 0 Å². The Kier molecular flexibility index (Phi) is 6.54. The Bertz CT molecular complexity index is 935. The Morgan fingerprint density at radius 3 is 2.48 bits per heavy atom. The van der Waals surface area contributed by atoms with Crippen molar-refractivity contribution in [3.63, 3.8) is 0 Å². The van der Waals surface area contributed by atoms with Crippen LogP contribution in [0.3, 0.4) is 0 Å². The second-order valence-corrected chi connectivity index (χ2v) is 7.20. The molecule has 1 N–H and O–H groups in total. The minimum atomic E-state index is -0.171. The predicted molar refractivity (Wildman–Crippen MR) is 112 cm³/mol. The molecule has 152 valence electrons. The molecule has 1 amide bonds. The lowest BCUT2D eigenvalue weighted by atomic mass is 10.1. The zero-order valence-corrected chi connectivity index (χ0v) is 17.3. The first-order chi connectivity index (χ1) is 14.0. The number of amides is 1. The van der Waals surface area contributed by atoms with Gasteiger partial charge in [-0.05, 0) is 56.2 Å². The van der Waals surface area contributed by atoms with Gasteiger partial charge < -0.3 is 19.4 Å². The first kappa shape index (κ1) is 20.5. The van der Waals surface area contributed by atoms with E-state index in [2.05, 4.69) is 10.3 Å². The number of methoxy groups -OCH3 is 1. The summed E-state index contributed by atoms with van der Waals surface area (Å²) in [6, 6.07) is 13.2. The SMILES string of the molecule is COc1cc(C(C)NC(=O)c2ccc(Cn3ccnc3)cc2)ccc1OC(C)C. The van der Waals surface area contributed by atoms with Gasteiger partial charge in [0.1, 0.15) is 0 Å². The number of benzene rings is 2. The van der Waals surface area contributed by atoms with Crippen molar-refractivity contribution in [1.82, 2.24) is 14.9 Å². The van der Waals surface area contributed by atoms with Gasteiger partial charge in [-0.25, -0.2) is 4.98 Å². The monoisotopic (exact) mass is 393 g/mol. The molecule has 0 aliphatic carbocycles. The number of carbonyl (C=O) groups is 1. The summed E-state index contributed by atoms with van der Waals surface area (Å²) in [6.07, 6.45) is 5.49. The number of carbonyl (C=O) groups excluding carboxylic acids is 1. The highest BCUT2D eigenvalue weighted by Crippen LogP contribution is 2.31. The molecule has 2 aromatic carbocycles. The van der Waals surface area contributed by atoms with E-state index in [9.17, 15) is 4.79 Å². The first-order valence-electron chi connectivity index (χ1n) is 9.66. The number of aromatic nitrogens is 2. The van der Waals surface area contributed by atoms with Crippen molar-refractivity contribution in [2.24, 2.45) is 0 Å².